The van der Waals surface area contributed by atoms with Crippen molar-refractivity contribution in [2.24, 2.45) is 0 Å². The molecule has 0 N–H and O–H groups in total. The number of nitrogens with zero attached hydrogens (tertiary/aromatic N) is 2. The summed E-state index contributed by atoms with van der Waals surface area (Å²) >= 11 is 0. The summed E-state index contributed by atoms with van der Waals surface area (Å²) in [7, 11) is -1.66. The molecule has 0 spiro atoms. The summed E-state index contributed by atoms with van der Waals surface area (Å²) in [5.74, 6) is 0. The summed E-state index contributed by atoms with van der Waals surface area (Å²) in [4.78, 5) is 3.90. The highest BCUT2D eigenvalue weighted by atomic mass is 32.2. The van der Waals surface area contributed by atoms with Crippen LogP contribution in [-0.2, 0) is 14.8 Å². The molecule has 94 valence electrons. The van der Waals surface area contributed by atoms with Gasteiger partial charge in [0, 0.05) is 19.5 Å². The van der Waals surface area contributed by atoms with Crippen LogP contribution in [0.4, 0.5) is 5.69 Å². The van der Waals surface area contributed by atoms with Gasteiger partial charge in [0.1, 0.15) is 0 Å². The Morgan fingerprint density at radius 1 is 1.41 bits per heavy atom. The number of pyridine rings is 1. The zero-order valence-electron chi connectivity index (χ0n) is 9.74. The lowest BCUT2D eigenvalue weighted by atomic mass is 10.4. The Kier molecular flexibility index (Phi) is 3.63. The molecule has 1 aromatic rings. The van der Waals surface area contributed by atoms with Crippen LogP contribution in [0.5, 0.6) is 0 Å². The molecule has 0 radical (unpaired) electrons. The first kappa shape index (κ1) is 12.3. The van der Waals surface area contributed by atoms with Gasteiger partial charge in [0.15, 0.2) is 0 Å². The molecule has 0 atom stereocenters. The zero-order valence-corrected chi connectivity index (χ0v) is 10.6. The molecule has 17 heavy (non-hydrogen) atoms. The van der Waals surface area contributed by atoms with Crippen LogP contribution in [0.15, 0.2) is 24.5 Å². The molecule has 0 aliphatic heterocycles. The molecule has 5 nitrogen and oxygen atoms in total. The van der Waals surface area contributed by atoms with Gasteiger partial charge in [-0.3, -0.25) is 9.29 Å². The topological polar surface area (TPSA) is 59.5 Å². The van der Waals surface area contributed by atoms with E-state index in [0.29, 0.717) is 18.8 Å². The Morgan fingerprint density at radius 3 is 2.59 bits per heavy atom. The first-order valence-corrected chi connectivity index (χ1v) is 7.07. The van der Waals surface area contributed by atoms with Gasteiger partial charge < -0.3 is 4.74 Å². The molecule has 0 amide bonds. The Hall–Kier alpha value is -1.14. The van der Waals surface area contributed by atoms with Crippen molar-refractivity contribution in [3.05, 3.63) is 24.5 Å². The first-order chi connectivity index (χ1) is 8.16. The zero-order chi connectivity index (χ0) is 12.3. The van der Waals surface area contributed by atoms with Crippen LogP contribution in [0.25, 0.3) is 0 Å². The van der Waals surface area contributed by atoms with Gasteiger partial charge in [0.2, 0.25) is 10.0 Å². The molecule has 1 aromatic heterocycles. The van der Waals surface area contributed by atoms with Gasteiger partial charge in [0.05, 0.1) is 24.1 Å². The number of ether oxygens (including phenoxy) is 1. The molecule has 0 aromatic carbocycles. The fourth-order valence-corrected chi connectivity index (χ4v) is 3.47. The second kappa shape index (κ2) is 5.01. The van der Waals surface area contributed by atoms with Crippen molar-refractivity contribution in [2.75, 3.05) is 24.6 Å². The van der Waals surface area contributed by atoms with Gasteiger partial charge in [-0.2, -0.15) is 0 Å². The number of hydrogen-bond donors (Lipinski definition) is 0. The van der Waals surface area contributed by atoms with Crippen LogP contribution in [0.2, 0.25) is 0 Å². The number of hydrogen-bond acceptors (Lipinski definition) is 4. The summed E-state index contributed by atoms with van der Waals surface area (Å²) in [5, 5.41) is -0.215. The van der Waals surface area contributed by atoms with E-state index in [9.17, 15) is 8.42 Å². The molecule has 6 heteroatoms. The smallest absolute Gasteiger partial charge is 0.238 e. The van der Waals surface area contributed by atoms with Gasteiger partial charge in [-0.05, 0) is 25.0 Å². The van der Waals surface area contributed by atoms with E-state index in [1.165, 1.54) is 4.31 Å². The monoisotopic (exact) mass is 256 g/mol. The lowest BCUT2D eigenvalue weighted by Gasteiger charge is -2.23. The Balaban J connectivity index is 2.25. The van der Waals surface area contributed by atoms with Crippen LogP contribution in [0.3, 0.4) is 0 Å². The highest BCUT2D eigenvalue weighted by Crippen LogP contribution is 2.33. The SMILES string of the molecule is COCCN(c1ccncc1)S(=O)(=O)C1CC1. The molecule has 0 unspecified atom stereocenters. The van der Waals surface area contributed by atoms with Crippen molar-refractivity contribution in [1.29, 1.82) is 0 Å². The second-order valence-electron chi connectivity index (χ2n) is 4.01. The largest absolute Gasteiger partial charge is 0.383 e. The molecule has 1 aliphatic rings. The molecular weight excluding hydrogens is 240 g/mol. The van der Waals surface area contributed by atoms with Crippen LogP contribution in [-0.4, -0.2) is 38.9 Å². The van der Waals surface area contributed by atoms with E-state index < -0.39 is 10.0 Å². The number of methoxy groups -OCH3 is 1. The molecule has 1 aliphatic carbocycles. The fourth-order valence-electron chi connectivity index (χ4n) is 1.63. The lowest BCUT2D eigenvalue weighted by molar-refractivity contribution is 0.208. The van der Waals surface area contributed by atoms with Crippen LogP contribution >= 0.6 is 0 Å². The van der Waals surface area contributed by atoms with E-state index in [0.717, 1.165) is 12.8 Å². The molecule has 1 fully saturated rings. The third-order valence-electron chi connectivity index (χ3n) is 2.70. The summed E-state index contributed by atoms with van der Waals surface area (Å²) in [5.41, 5.74) is 0.656. The summed E-state index contributed by atoms with van der Waals surface area (Å²) in [6.45, 7) is 0.730. The standard InChI is InChI=1S/C11H16N2O3S/c1-16-9-8-13(10-4-6-12-7-5-10)17(14,15)11-2-3-11/h4-7,11H,2-3,8-9H2,1H3. The average molecular weight is 256 g/mol. The van der Waals surface area contributed by atoms with Crippen molar-refractivity contribution < 1.29 is 13.2 Å². The maximum atomic E-state index is 12.2. The van der Waals surface area contributed by atoms with Crippen LogP contribution in [0.1, 0.15) is 12.8 Å². The highest BCUT2D eigenvalue weighted by Gasteiger charge is 2.40. The Morgan fingerprint density at radius 2 is 2.06 bits per heavy atom. The molecular formula is C11H16N2O3S. The minimum Gasteiger partial charge on any atom is -0.383 e. The molecule has 0 saturated heterocycles. The van der Waals surface area contributed by atoms with Gasteiger partial charge >= 0.3 is 0 Å². The van der Waals surface area contributed by atoms with E-state index in [1.807, 2.05) is 0 Å². The molecule has 0 bridgehead atoms. The highest BCUT2D eigenvalue weighted by molar-refractivity contribution is 7.93. The maximum absolute atomic E-state index is 12.2. The number of rotatable bonds is 6. The van der Waals surface area contributed by atoms with E-state index in [-0.39, 0.29) is 5.25 Å². The van der Waals surface area contributed by atoms with Crippen molar-refractivity contribution in [3.63, 3.8) is 0 Å². The first-order valence-electron chi connectivity index (χ1n) is 5.57. The third-order valence-corrected chi connectivity index (χ3v) is 5.02. The van der Waals surface area contributed by atoms with Gasteiger partial charge in [0.25, 0.3) is 0 Å². The minimum atomic E-state index is -3.23. The molecule has 1 saturated carbocycles. The van der Waals surface area contributed by atoms with Crippen LogP contribution < -0.4 is 4.31 Å². The second-order valence-corrected chi connectivity index (χ2v) is 6.15. The lowest BCUT2D eigenvalue weighted by Crippen LogP contribution is -2.36. The summed E-state index contributed by atoms with van der Waals surface area (Å²) in [6.07, 6.45) is 4.71. The van der Waals surface area contributed by atoms with Crippen molar-refractivity contribution >= 4 is 15.7 Å². The number of aromatic nitrogens is 1. The predicted molar refractivity (Wildman–Crippen MR) is 65.4 cm³/mol. The van der Waals surface area contributed by atoms with Crippen molar-refractivity contribution in [2.45, 2.75) is 18.1 Å². The molecule has 1 heterocycles. The predicted octanol–water partition coefficient (Wildman–Crippen LogP) is 1.03. The van der Waals surface area contributed by atoms with Crippen molar-refractivity contribution in [3.8, 4) is 0 Å². The summed E-state index contributed by atoms with van der Waals surface area (Å²) in [6, 6.07) is 3.41. The van der Waals surface area contributed by atoms with E-state index in [2.05, 4.69) is 4.98 Å². The Labute approximate surface area is 101 Å². The van der Waals surface area contributed by atoms with Crippen molar-refractivity contribution in [1.82, 2.24) is 4.98 Å². The maximum Gasteiger partial charge on any atom is 0.238 e. The summed E-state index contributed by atoms with van der Waals surface area (Å²) < 4.78 is 30.9. The van der Waals surface area contributed by atoms with Gasteiger partial charge in [-0.1, -0.05) is 0 Å². The third kappa shape index (κ3) is 2.76. The normalized spacial score (nSPS) is 15.8. The quantitative estimate of drug-likeness (QED) is 0.762. The van der Waals surface area contributed by atoms with Gasteiger partial charge in [-0.25, -0.2) is 8.42 Å². The molecule has 2 rings (SSSR count). The van der Waals surface area contributed by atoms with E-state index >= 15 is 0 Å². The average Bonchev–Trinajstić information content (AvgIpc) is 3.15. The number of anilines is 1. The van der Waals surface area contributed by atoms with E-state index in [1.54, 1.807) is 31.6 Å². The minimum absolute atomic E-state index is 0.215. The van der Waals surface area contributed by atoms with Crippen LogP contribution in [0, 0.1) is 0 Å². The van der Waals surface area contributed by atoms with E-state index in [4.69, 9.17) is 4.74 Å². The fraction of sp³-hybridized carbons (Fsp3) is 0.545. The number of sulfonamides is 1. The Bertz CT molecular complexity index is 457. The van der Waals surface area contributed by atoms with Gasteiger partial charge in [-0.15, -0.1) is 0 Å².